The van der Waals surface area contributed by atoms with Gasteiger partial charge < -0.3 is 10.2 Å². The molecule has 2 fully saturated rings. The van der Waals surface area contributed by atoms with Crippen LogP contribution in [-0.4, -0.2) is 23.4 Å². The molecule has 5 rings (SSSR count). The summed E-state index contributed by atoms with van der Waals surface area (Å²) in [7, 11) is 0. The molecule has 0 aromatic heterocycles. The third-order valence-electron chi connectivity index (χ3n) is 7.27. The molecule has 6 nitrogen and oxygen atoms in total. The standard InChI is InChI=1S/C24H27N3O3/c28-23(25-19-7-2-1-3-8-19)24-18(16-17-6-4-5-9-22(17)24)14-15-26(24)20-10-12-21(13-11-20)27(29)30/h4-6,9-13,18-19H,1-3,7-8,14-16H2,(H,25,28). The van der Waals surface area contributed by atoms with E-state index in [1.165, 1.54) is 37.0 Å². The molecule has 0 bridgehead atoms. The Hall–Kier alpha value is -2.89. The van der Waals surface area contributed by atoms with E-state index in [1.807, 2.05) is 12.1 Å². The van der Waals surface area contributed by atoms with Crippen molar-refractivity contribution in [2.75, 3.05) is 11.4 Å². The maximum atomic E-state index is 14.0. The minimum Gasteiger partial charge on any atom is -0.353 e. The second-order valence-electron chi connectivity index (χ2n) is 8.85. The van der Waals surface area contributed by atoms with Crippen molar-refractivity contribution in [1.82, 2.24) is 5.32 Å². The molecule has 2 atom stereocenters. The first kappa shape index (κ1) is 19.1. The zero-order chi connectivity index (χ0) is 20.7. The van der Waals surface area contributed by atoms with Crippen LogP contribution in [0.25, 0.3) is 0 Å². The highest BCUT2D eigenvalue weighted by Gasteiger charge is 2.59. The second-order valence-corrected chi connectivity index (χ2v) is 8.85. The SMILES string of the molecule is O=C(NC1CCCCC1)C12c3ccccc3CC1CCN2c1ccc([N+](=O)[O-])cc1. The molecule has 1 saturated carbocycles. The van der Waals surface area contributed by atoms with Gasteiger partial charge in [0, 0.05) is 36.3 Å². The lowest BCUT2D eigenvalue weighted by molar-refractivity contribution is -0.384. The monoisotopic (exact) mass is 405 g/mol. The van der Waals surface area contributed by atoms with Crippen LogP contribution in [0, 0.1) is 16.0 Å². The summed E-state index contributed by atoms with van der Waals surface area (Å²) in [6.07, 6.45) is 7.52. The topological polar surface area (TPSA) is 75.5 Å². The van der Waals surface area contributed by atoms with Crippen molar-refractivity contribution in [1.29, 1.82) is 0 Å². The van der Waals surface area contributed by atoms with E-state index in [0.717, 1.165) is 43.5 Å². The van der Waals surface area contributed by atoms with E-state index in [4.69, 9.17) is 0 Å². The van der Waals surface area contributed by atoms with Crippen LogP contribution in [0.1, 0.15) is 49.7 Å². The molecule has 1 saturated heterocycles. The van der Waals surface area contributed by atoms with E-state index in [9.17, 15) is 14.9 Å². The first-order valence-corrected chi connectivity index (χ1v) is 11.0. The summed E-state index contributed by atoms with van der Waals surface area (Å²) < 4.78 is 0. The Morgan fingerprint density at radius 3 is 2.50 bits per heavy atom. The summed E-state index contributed by atoms with van der Waals surface area (Å²) in [6.45, 7) is 0.773. The van der Waals surface area contributed by atoms with Crippen LogP contribution >= 0.6 is 0 Å². The van der Waals surface area contributed by atoms with Crippen molar-refractivity contribution in [3.05, 3.63) is 69.8 Å². The Morgan fingerprint density at radius 2 is 1.77 bits per heavy atom. The average Bonchev–Trinajstić information content (AvgIpc) is 3.30. The number of carbonyl (C=O) groups is 1. The quantitative estimate of drug-likeness (QED) is 0.607. The molecule has 0 radical (unpaired) electrons. The van der Waals surface area contributed by atoms with Crippen LogP contribution < -0.4 is 10.2 Å². The molecule has 6 heteroatoms. The number of amides is 1. The Labute approximate surface area is 176 Å². The molecule has 1 amide bonds. The number of anilines is 1. The van der Waals surface area contributed by atoms with E-state index in [1.54, 1.807) is 12.1 Å². The summed E-state index contributed by atoms with van der Waals surface area (Å²) >= 11 is 0. The van der Waals surface area contributed by atoms with Gasteiger partial charge in [-0.3, -0.25) is 14.9 Å². The number of benzene rings is 2. The summed E-state index contributed by atoms with van der Waals surface area (Å²) in [6, 6.07) is 15.2. The molecule has 3 aliphatic rings. The number of non-ortho nitro benzene ring substituents is 1. The smallest absolute Gasteiger partial charge is 0.269 e. The molecule has 1 N–H and O–H groups in total. The molecule has 1 heterocycles. The predicted octanol–water partition coefficient (Wildman–Crippen LogP) is 4.32. The van der Waals surface area contributed by atoms with E-state index in [2.05, 4.69) is 22.3 Å². The van der Waals surface area contributed by atoms with Crippen molar-refractivity contribution in [2.45, 2.75) is 56.5 Å². The van der Waals surface area contributed by atoms with Gasteiger partial charge in [-0.15, -0.1) is 0 Å². The van der Waals surface area contributed by atoms with Crippen molar-refractivity contribution >= 4 is 17.3 Å². The number of carbonyl (C=O) groups excluding carboxylic acids is 1. The van der Waals surface area contributed by atoms with Crippen LogP contribution in [0.4, 0.5) is 11.4 Å². The molecule has 2 aromatic carbocycles. The number of hydrogen-bond acceptors (Lipinski definition) is 4. The van der Waals surface area contributed by atoms with Crippen molar-refractivity contribution < 1.29 is 9.72 Å². The third kappa shape index (κ3) is 2.89. The number of hydrogen-bond donors (Lipinski definition) is 1. The zero-order valence-electron chi connectivity index (χ0n) is 17.0. The summed E-state index contributed by atoms with van der Waals surface area (Å²) in [4.78, 5) is 26.9. The Bertz CT molecular complexity index is 968. The number of fused-ring (bicyclic) bond motifs is 3. The Kier molecular flexibility index (Phi) is 4.72. The number of nitrogens with zero attached hydrogens (tertiary/aromatic N) is 2. The summed E-state index contributed by atoms with van der Waals surface area (Å²) in [5.74, 6) is 0.314. The van der Waals surface area contributed by atoms with E-state index < -0.39 is 5.54 Å². The molecule has 2 unspecified atom stereocenters. The normalized spacial score (nSPS) is 25.6. The maximum Gasteiger partial charge on any atom is 0.269 e. The van der Waals surface area contributed by atoms with E-state index in [0.29, 0.717) is 0 Å². The van der Waals surface area contributed by atoms with Gasteiger partial charge in [0.15, 0.2) is 0 Å². The minimum absolute atomic E-state index is 0.0713. The van der Waals surface area contributed by atoms with Crippen molar-refractivity contribution in [3.8, 4) is 0 Å². The molecule has 2 aromatic rings. The van der Waals surface area contributed by atoms with Gasteiger partial charge in [0.25, 0.3) is 11.6 Å². The lowest BCUT2D eigenvalue weighted by Gasteiger charge is -2.41. The summed E-state index contributed by atoms with van der Waals surface area (Å²) in [5.41, 5.74) is 2.55. The van der Waals surface area contributed by atoms with Crippen molar-refractivity contribution in [2.24, 2.45) is 5.92 Å². The first-order chi connectivity index (χ1) is 14.6. The predicted molar refractivity (Wildman–Crippen MR) is 115 cm³/mol. The third-order valence-corrected chi connectivity index (χ3v) is 7.27. The molecule has 156 valence electrons. The van der Waals surface area contributed by atoms with Crippen molar-refractivity contribution in [3.63, 3.8) is 0 Å². The highest BCUT2D eigenvalue weighted by Crippen LogP contribution is 2.53. The number of nitro benzene ring substituents is 1. The molecule has 0 spiro atoms. The van der Waals surface area contributed by atoms with E-state index >= 15 is 0 Å². The molecule has 2 aliphatic carbocycles. The van der Waals surface area contributed by atoms with Crippen LogP contribution in [0.2, 0.25) is 0 Å². The van der Waals surface area contributed by atoms with Crippen LogP contribution in [0.3, 0.4) is 0 Å². The minimum atomic E-state index is -0.732. The molecular formula is C24H27N3O3. The first-order valence-electron chi connectivity index (χ1n) is 11.0. The molecule has 30 heavy (non-hydrogen) atoms. The largest absolute Gasteiger partial charge is 0.353 e. The fourth-order valence-corrected chi connectivity index (χ4v) is 5.90. The van der Waals surface area contributed by atoms with Gasteiger partial charge in [0.1, 0.15) is 5.54 Å². The zero-order valence-corrected chi connectivity index (χ0v) is 17.0. The highest BCUT2D eigenvalue weighted by atomic mass is 16.6. The van der Waals surface area contributed by atoms with Gasteiger partial charge in [-0.1, -0.05) is 43.5 Å². The Morgan fingerprint density at radius 1 is 1.03 bits per heavy atom. The summed E-state index contributed by atoms with van der Waals surface area (Å²) in [5, 5.41) is 14.5. The number of nitro groups is 1. The van der Waals surface area contributed by atoms with Gasteiger partial charge in [-0.05, 0) is 48.9 Å². The van der Waals surface area contributed by atoms with Gasteiger partial charge in [-0.25, -0.2) is 0 Å². The fourth-order valence-electron chi connectivity index (χ4n) is 5.90. The van der Waals surface area contributed by atoms with Gasteiger partial charge in [-0.2, -0.15) is 0 Å². The van der Waals surface area contributed by atoms with E-state index in [-0.39, 0.29) is 28.5 Å². The average molecular weight is 405 g/mol. The van der Waals surface area contributed by atoms with Crippen LogP contribution in [0.15, 0.2) is 48.5 Å². The lowest BCUT2D eigenvalue weighted by Crippen LogP contribution is -2.57. The highest BCUT2D eigenvalue weighted by molar-refractivity contribution is 5.94. The maximum absolute atomic E-state index is 14.0. The fraction of sp³-hybridized carbons (Fsp3) is 0.458. The van der Waals surface area contributed by atoms with Crippen LogP contribution in [0.5, 0.6) is 0 Å². The van der Waals surface area contributed by atoms with Gasteiger partial charge in [0.05, 0.1) is 4.92 Å². The van der Waals surface area contributed by atoms with Gasteiger partial charge in [0.2, 0.25) is 0 Å². The lowest BCUT2D eigenvalue weighted by atomic mass is 9.82. The van der Waals surface area contributed by atoms with Gasteiger partial charge >= 0.3 is 0 Å². The number of nitrogens with one attached hydrogen (secondary N) is 1. The molecule has 1 aliphatic heterocycles. The molecular weight excluding hydrogens is 378 g/mol. The van der Waals surface area contributed by atoms with Crippen LogP contribution in [-0.2, 0) is 16.8 Å². The number of rotatable bonds is 4. The Balaban J connectivity index is 1.56. The second kappa shape index (κ2) is 7.42.